The van der Waals surface area contributed by atoms with Crippen LogP contribution in [0.3, 0.4) is 0 Å². The van der Waals surface area contributed by atoms with Gasteiger partial charge in [0.2, 0.25) is 0 Å². The third kappa shape index (κ3) is 13.2. The summed E-state index contributed by atoms with van der Waals surface area (Å²) in [5.41, 5.74) is 8.97. The number of amides is 2. The fourth-order valence-corrected chi connectivity index (χ4v) is 7.76. The van der Waals surface area contributed by atoms with Crippen LogP contribution in [0.4, 0.5) is 16.2 Å². The summed E-state index contributed by atoms with van der Waals surface area (Å²) >= 11 is 0. The van der Waals surface area contributed by atoms with Crippen molar-refractivity contribution in [1.29, 1.82) is 0 Å². The highest BCUT2D eigenvalue weighted by Crippen LogP contribution is 2.23. The van der Waals surface area contributed by atoms with Crippen LogP contribution in [0.2, 0.25) is 0 Å². The monoisotopic (exact) mass is 768 g/mol. The molecule has 2 atom stereocenters. The number of imidazole rings is 1. The number of anilines is 1. The second kappa shape index (κ2) is 21.9. The lowest BCUT2D eigenvalue weighted by Gasteiger charge is -2.31. The van der Waals surface area contributed by atoms with Gasteiger partial charge in [-0.1, -0.05) is 139 Å². The first-order chi connectivity index (χ1) is 27.7. The van der Waals surface area contributed by atoms with Crippen LogP contribution in [0, 0.1) is 11.8 Å². The molecule has 1 aromatic heterocycles. The van der Waals surface area contributed by atoms with Crippen molar-refractivity contribution in [3.63, 3.8) is 0 Å². The zero-order valence-corrected chi connectivity index (χ0v) is 35.3. The minimum absolute atomic E-state index is 0.0276. The van der Waals surface area contributed by atoms with Gasteiger partial charge in [-0.2, -0.15) is 0 Å². The predicted molar refractivity (Wildman–Crippen MR) is 234 cm³/mol. The summed E-state index contributed by atoms with van der Waals surface area (Å²) in [6.07, 6.45) is 15.6. The molecule has 0 aliphatic heterocycles. The van der Waals surface area contributed by atoms with E-state index in [2.05, 4.69) is 128 Å². The molecule has 5 rings (SSSR count). The molecule has 57 heavy (non-hydrogen) atoms. The van der Waals surface area contributed by atoms with Gasteiger partial charge in [-0.05, 0) is 102 Å². The number of carbonyl (C=O) groups excluding carboxylic acids is 1. The van der Waals surface area contributed by atoms with Gasteiger partial charge < -0.3 is 15.3 Å². The first-order valence-electron chi connectivity index (χ1n) is 21.3. The Morgan fingerprint density at radius 1 is 0.719 bits per heavy atom. The highest BCUT2D eigenvalue weighted by molar-refractivity contribution is 5.89. The van der Waals surface area contributed by atoms with E-state index in [-0.39, 0.29) is 11.9 Å². The summed E-state index contributed by atoms with van der Waals surface area (Å²) in [5.74, 6) is 1.36. The zero-order valence-electron chi connectivity index (χ0n) is 35.3. The minimum Gasteiger partial charge on any atom is -0.853 e. The summed E-state index contributed by atoms with van der Waals surface area (Å²) < 4.78 is 3.57. The smallest absolute Gasteiger partial charge is 0.321 e. The van der Waals surface area contributed by atoms with E-state index < -0.39 is 0 Å². The molecule has 0 saturated heterocycles. The molecule has 7 nitrogen and oxygen atoms in total. The van der Waals surface area contributed by atoms with Crippen molar-refractivity contribution in [2.45, 2.75) is 98.3 Å². The second-order valence-corrected chi connectivity index (χ2v) is 16.0. The summed E-state index contributed by atoms with van der Waals surface area (Å²) in [5, 5.41) is 16.0. The minimum atomic E-state index is -0.258. The lowest BCUT2D eigenvalue weighted by atomic mass is 9.96. The molecule has 0 saturated carbocycles. The molecule has 5 aromatic rings. The van der Waals surface area contributed by atoms with Crippen LogP contribution in [0.15, 0.2) is 114 Å². The molecule has 0 radical (unpaired) electrons. The maximum absolute atomic E-state index is 13.7. The Morgan fingerprint density at radius 3 is 1.63 bits per heavy atom. The van der Waals surface area contributed by atoms with Gasteiger partial charge in [0.25, 0.3) is 5.82 Å². The second-order valence-electron chi connectivity index (χ2n) is 16.0. The Kier molecular flexibility index (Phi) is 16.5. The quantitative estimate of drug-likeness (QED) is 0.0459. The number of rotatable bonds is 21. The van der Waals surface area contributed by atoms with Gasteiger partial charge in [0.05, 0.1) is 25.7 Å². The van der Waals surface area contributed by atoms with Crippen LogP contribution >= 0.6 is 0 Å². The van der Waals surface area contributed by atoms with Crippen molar-refractivity contribution in [2.75, 3.05) is 18.4 Å². The third-order valence-corrected chi connectivity index (χ3v) is 11.3. The maximum atomic E-state index is 13.7. The average Bonchev–Trinajstić information content (AvgIpc) is 3.56. The summed E-state index contributed by atoms with van der Waals surface area (Å²) in [6, 6.07) is 34.0. The highest BCUT2D eigenvalue weighted by atomic mass is 16.3. The Labute approximate surface area is 342 Å². The van der Waals surface area contributed by atoms with E-state index in [4.69, 9.17) is 0 Å². The molecule has 0 aliphatic rings. The van der Waals surface area contributed by atoms with E-state index in [1.807, 2.05) is 38.6 Å². The van der Waals surface area contributed by atoms with Crippen LogP contribution in [0.25, 0.3) is 0 Å². The van der Waals surface area contributed by atoms with Crippen molar-refractivity contribution < 1.29 is 14.5 Å². The molecular formula is C50H65N5O2. The van der Waals surface area contributed by atoms with E-state index >= 15 is 0 Å². The van der Waals surface area contributed by atoms with Gasteiger partial charge in [0.1, 0.15) is 12.4 Å². The van der Waals surface area contributed by atoms with Crippen LogP contribution in [-0.2, 0) is 33.4 Å². The number of aliphatic imine (C=N–C) groups is 1. The molecule has 0 bridgehead atoms. The molecular weight excluding hydrogens is 703 g/mol. The number of urea groups is 1. The number of benzene rings is 4. The molecule has 4 aromatic carbocycles. The van der Waals surface area contributed by atoms with Gasteiger partial charge in [-0.15, -0.1) is 0 Å². The molecule has 0 aliphatic carbocycles. The van der Waals surface area contributed by atoms with E-state index in [0.29, 0.717) is 23.3 Å². The van der Waals surface area contributed by atoms with Gasteiger partial charge in [-0.25, -0.2) is 13.9 Å². The highest BCUT2D eigenvalue weighted by Gasteiger charge is 2.22. The normalized spacial score (nSPS) is 12.7. The van der Waals surface area contributed by atoms with Crippen molar-refractivity contribution in [2.24, 2.45) is 30.9 Å². The lowest BCUT2D eigenvalue weighted by molar-refractivity contribution is -0.674. The molecule has 2 amide bonds. The molecule has 302 valence electrons. The fraction of sp³-hybridized carbons (Fsp3) is 0.420. The number of aromatic nitrogens is 2. The fourth-order valence-electron chi connectivity index (χ4n) is 7.76. The van der Waals surface area contributed by atoms with Gasteiger partial charge in [-0.3, -0.25) is 4.99 Å². The Balaban J connectivity index is 1.17. The first kappa shape index (κ1) is 43.0. The topological polar surface area (TPSA) is 76.6 Å². The Morgan fingerprint density at radius 2 is 1.19 bits per heavy atom. The van der Waals surface area contributed by atoms with Crippen LogP contribution in [0.1, 0.15) is 118 Å². The van der Waals surface area contributed by atoms with Gasteiger partial charge in [0.15, 0.2) is 0 Å². The standard InChI is InChI=1S/C50H65N5O2/c1-7-11-15-38(9-3)36-55(37-39(10-4)16-12-8-2)50(57)52-47-27-23-41(24-28-47)32-43-18-14-20-45(34-43)35-44-19-13-17-42(33-44)31-40-21-25-46(26-22-40)51-48(56)49-53(5)29-30-54(49)6/h13-14,17-30,33-34,38-39H,7-12,15-16,31-32,35-37H2,1-6H3,(H-,51,52,56,57). The van der Waals surface area contributed by atoms with Crippen LogP contribution in [-0.4, -0.2) is 34.5 Å². The zero-order chi connectivity index (χ0) is 40.6. The number of nitrogens with one attached hydrogen (secondary N) is 1. The summed E-state index contributed by atoms with van der Waals surface area (Å²) in [7, 11) is 3.70. The van der Waals surface area contributed by atoms with Crippen molar-refractivity contribution in [1.82, 2.24) is 9.47 Å². The summed E-state index contributed by atoms with van der Waals surface area (Å²) in [6.45, 7) is 10.7. The average molecular weight is 768 g/mol. The number of nitrogens with zero attached hydrogens (tertiary/aromatic N) is 4. The van der Waals surface area contributed by atoms with E-state index in [0.717, 1.165) is 50.9 Å². The van der Waals surface area contributed by atoms with Crippen LogP contribution in [0.5, 0.6) is 0 Å². The van der Waals surface area contributed by atoms with Gasteiger partial charge >= 0.3 is 6.03 Å². The molecule has 2 unspecified atom stereocenters. The first-order valence-corrected chi connectivity index (χ1v) is 21.3. The third-order valence-electron chi connectivity index (χ3n) is 11.3. The number of carbonyl (C=O) groups is 1. The molecule has 7 heteroatoms. The maximum Gasteiger partial charge on any atom is 0.321 e. The van der Waals surface area contributed by atoms with Gasteiger partial charge in [0, 0.05) is 18.8 Å². The van der Waals surface area contributed by atoms with E-state index in [1.165, 1.54) is 71.9 Å². The Bertz CT molecular complexity index is 1980. The lowest BCUT2D eigenvalue weighted by Crippen LogP contribution is -2.41. The number of aryl methyl sites for hydroxylation is 2. The number of unbranched alkanes of at least 4 members (excludes halogenated alkanes) is 2. The molecule has 0 spiro atoms. The predicted octanol–water partition coefficient (Wildman–Crippen LogP) is 10.3. The number of hydrogen-bond donors (Lipinski definition) is 1. The molecule has 1 N–H and O–H groups in total. The molecule has 0 fully saturated rings. The van der Waals surface area contributed by atoms with Crippen molar-refractivity contribution >= 4 is 23.3 Å². The van der Waals surface area contributed by atoms with Crippen molar-refractivity contribution in [3.05, 3.63) is 149 Å². The molecule has 1 heterocycles. The number of hydrogen-bond acceptors (Lipinski definition) is 3. The largest absolute Gasteiger partial charge is 0.853 e. The van der Waals surface area contributed by atoms with E-state index in [9.17, 15) is 9.90 Å². The Hall–Kier alpha value is -5.17. The van der Waals surface area contributed by atoms with E-state index in [1.54, 1.807) is 9.13 Å². The summed E-state index contributed by atoms with van der Waals surface area (Å²) in [4.78, 5) is 20.2. The SMILES string of the molecule is CCCCC(CC)CN(CC(CC)CCCC)C(=O)Nc1ccc(Cc2cccc(Cc3cccc(Cc4ccc(/N=C(\[O-])c5n(C)cc[n+]5C)cc4)c3)c2)cc1. The van der Waals surface area contributed by atoms with Crippen LogP contribution < -0.4 is 15.0 Å². The van der Waals surface area contributed by atoms with Crippen molar-refractivity contribution in [3.8, 4) is 0 Å².